The molecule has 0 amide bonds. The van der Waals surface area contributed by atoms with E-state index < -0.39 is 0 Å². The van der Waals surface area contributed by atoms with Crippen molar-refractivity contribution in [3.63, 3.8) is 0 Å². The molecule has 0 radical (unpaired) electrons. The maximum atomic E-state index is 6.19. The van der Waals surface area contributed by atoms with Gasteiger partial charge in [0, 0.05) is 60.8 Å². The highest BCUT2D eigenvalue weighted by atomic mass is 35.5. The Morgan fingerprint density at radius 3 is 3.09 bits per heavy atom. The number of rotatable bonds is 5. The molecule has 1 N–H and O–H groups in total. The van der Waals surface area contributed by atoms with E-state index in [0.717, 1.165) is 48.1 Å². The van der Waals surface area contributed by atoms with E-state index in [1.54, 1.807) is 6.20 Å². The number of piperazine rings is 1. The zero-order valence-corrected chi connectivity index (χ0v) is 14.1. The van der Waals surface area contributed by atoms with Gasteiger partial charge < -0.3 is 10.1 Å². The van der Waals surface area contributed by atoms with Gasteiger partial charge in [-0.15, -0.1) is 0 Å². The van der Waals surface area contributed by atoms with Crippen LogP contribution < -0.4 is 10.1 Å². The highest BCUT2D eigenvalue weighted by molar-refractivity contribution is 6.30. The second kappa shape index (κ2) is 7.77. The molecule has 1 aromatic carbocycles. The topological polar surface area (TPSA) is 37.4 Å². The Morgan fingerprint density at radius 2 is 2.30 bits per heavy atom. The summed E-state index contributed by atoms with van der Waals surface area (Å²) in [6.07, 6.45) is 3.59. The maximum absolute atomic E-state index is 6.19. The quantitative estimate of drug-likeness (QED) is 0.913. The minimum Gasteiger partial charge on any atom is -0.489 e. The van der Waals surface area contributed by atoms with E-state index in [9.17, 15) is 0 Å². The summed E-state index contributed by atoms with van der Waals surface area (Å²) in [6, 6.07) is 10.3. The molecule has 1 saturated heterocycles. The lowest BCUT2D eigenvalue weighted by Gasteiger charge is -2.34. The van der Waals surface area contributed by atoms with Crippen molar-refractivity contribution in [3.05, 3.63) is 58.9 Å². The number of hydrogen-bond acceptors (Lipinski definition) is 4. The van der Waals surface area contributed by atoms with Crippen LogP contribution in [0.4, 0.5) is 0 Å². The van der Waals surface area contributed by atoms with Gasteiger partial charge in [0.25, 0.3) is 0 Å². The van der Waals surface area contributed by atoms with E-state index in [4.69, 9.17) is 16.3 Å². The summed E-state index contributed by atoms with van der Waals surface area (Å²) in [6.45, 7) is 6.69. The number of ether oxygens (including phenoxy) is 1. The van der Waals surface area contributed by atoms with E-state index in [-0.39, 0.29) is 0 Å². The third kappa shape index (κ3) is 4.44. The molecule has 3 rings (SSSR count). The number of nitrogens with one attached hydrogen (secondary N) is 1. The fourth-order valence-corrected chi connectivity index (χ4v) is 2.99. The number of hydrogen-bond donors (Lipinski definition) is 1. The van der Waals surface area contributed by atoms with Crippen LogP contribution in [0.15, 0.2) is 42.7 Å². The van der Waals surface area contributed by atoms with Gasteiger partial charge in [-0.2, -0.15) is 0 Å². The molecule has 1 aromatic heterocycles. The Balaban J connectivity index is 1.72. The van der Waals surface area contributed by atoms with Crippen LogP contribution in [0.2, 0.25) is 5.02 Å². The average Bonchev–Trinajstić information content (AvgIpc) is 2.57. The standard InChI is InChI=1S/C18H22ClN3O/c1-14-10-21-7-8-22(14)12-16-9-17(19)4-5-18(16)23-13-15-3-2-6-20-11-15/h2-6,9,11,14,21H,7-8,10,12-13H2,1H3/t14-/m0/s1. The summed E-state index contributed by atoms with van der Waals surface area (Å²) < 4.78 is 6.01. The third-order valence-corrected chi connectivity index (χ3v) is 4.39. The molecule has 0 bridgehead atoms. The number of benzene rings is 1. The Kier molecular flexibility index (Phi) is 5.49. The van der Waals surface area contributed by atoms with Crippen molar-refractivity contribution in [2.45, 2.75) is 26.1 Å². The lowest BCUT2D eigenvalue weighted by atomic mass is 10.1. The van der Waals surface area contributed by atoms with Gasteiger partial charge in [-0.05, 0) is 31.2 Å². The second-order valence-electron chi connectivity index (χ2n) is 5.93. The lowest BCUT2D eigenvalue weighted by Crippen LogP contribution is -2.49. The number of nitrogens with zero attached hydrogens (tertiary/aromatic N) is 2. The van der Waals surface area contributed by atoms with E-state index in [2.05, 4.69) is 22.1 Å². The maximum Gasteiger partial charge on any atom is 0.124 e. The second-order valence-corrected chi connectivity index (χ2v) is 6.36. The fraction of sp³-hybridized carbons (Fsp3) is 0.389. The van der Waals surface area contributed by atoms with Gasteiger partial charge in [-0.3, -0.25) is 9.88 Å². The van der Waals surface area contributed by atoms with Gasteiger partial charge in [-0.25, -0.2) is 0 Å². The van der Waals surface area contributed by atoms with Crippen LogP contribution in [0.5, 0.6) is 5.75 Å². The molecular formula is C18H22ClN3O. The van der Waals surface area contributed by atoms with E-state index in [0.29, 0.717) is 12.6 Å². The zero-order chi connectivity index (χ0) is 16.1. The van der Waals surface area contributed by atoms with Gasteiger partial charge in [0.15, 0.2) is 0 Å². The van der Waals surface area contributed by atoms with Crippen molar-refractivity contribution in [3.8, 4) is 5.75 Å². The van der Waals surface area contributed by atoms with Crippen molar-refractivity contribution in [2.24, 2.45) is 0 Å². The summed E-state index contributed by atoms with van der Waals surface area (Å²) in [5, 5.41) is 4.16. The first kappa shape index (κ1) is 16.2. The molecule has 5 heteroatoms. The Bertz CT molecular complexity index is 635. The molecule has 122 valence electrons. The van der Waals surface area contributed by atoms with Gasteiger partial charge in [0.1, 0.15) is 12.4 Å². The normalized spacial score (nSPS) is 18.8. The van der Waals surface area contributed by atoms with Gasteiger partial charge in [0.2, 0.25) is 0 Å². The van der Waals surface area contributed by atoms with Crippen LogP contribution >= 0.6 is 11.6 Å². The fourth-order valence-electron chi connectivity index (χ4n) is 2.79. The minimum atomic E-state index is 0.508. The van der Waals surface area contributed by atoms with Crippen LogP contribution in [0, 0.1) is 0 Å². The molecule has 1 atom stereocenters. The van der Waals surface area contributed by atoms with Crippen LogP contribution in [0.1, 0.15) is 18.1 Å². The van der Waals surface area contributed by atoms with Crippen molar-refractivity contribution in [1.82, 2.24) is 15.2 Å². The molecule has 0 aliphatic carbocycles. The predicted molar refractivity (Wildman–Crippen MR) is 92.8 cm³/mol. The van der Waals surface area contributed by atoms with Crippen LogP contribution in [-0.2, 0) is 13.2 Å². The number of halogens is 1. The first-order valence-electron chi connectivity index (χ1n) is 7.97. The summed E-state index contributed by atoms with van der Waals surface area (Å²) in [5.74, 6) is 0.893. The van der Waals surface area contributed by atoms with Crippen molar-refractivity contribution in [2.75, 3.05) is 19.6 Å². The highest BCUT2D eigenvalue weighted by Crippen LogP contribution is 2.26. The smallest absolute Gasteiger partial charge is 0.124 e. The molecule has 1 aliphatic rings. The molecule has 1 aliphatic heterocycles. The minimum absolute atomic E-state index is 0.508. The monoisotopic (exact) mass is 331 g/mol. The predicted octanol–water partition coefficient (Wildman–Crippen LogP) is 3.11. The van der Waals surface area contributed by atoms with Gasteiger partial charge in [0.05, 0.1) is 0 Å². The molecule has 4 nitrogen and oxygen atoms in total. The molecule has 0 spiro atoms. The van der Waals surface area contributed by atoms with E-state index in [1.807, 2.05) is 36.5 Å². The van der Waals surface area contributed by atoms with E-state index >= 15 is 0 Å². The van der Waals surface area contributed by atoms with Crippen LogP contribution in [0.3, 0.4) is 0 Å². The van der Waals surface area contributed by atoms with Crippen molar-refractivity contribution in [1.29, 1.82) is 0 Å². The van der Waals surface area contributed by atoms with Crippen LogP contribution in [0.25, 0.3) is 0 Å². The first-order valence-corrected chi connectivity index (χ1v) is 8.35. The molecular weight excluding hydrogens is 310 g/mol. The Hall–Kier alpha value is -1.62. The molecule has 2 aromatic rings. The first-order chi connectivity index (χ1) is 11.2. The summed E-state index contributed by atoms with van der Waals surface area (Å²) in [4.78, 5) is 6.58. The zero-order valence-electron chi connectivity index (χ0n) is 13.3. The molecule has 2 heterocycles. The summed E-state index contributed by atoms with van der Waals surface area (Å²) >= 11 is 6.19. The van der Waals surface area contributed by atoms with Crippen molar-refractivity contribution < 1.29 is 4.74 Å². The highest BCUT2D eigenvalue weighted by Gasteiger charge is 2.19. The molecule has 23 heavy (non-hydrogen) atoms. The molecule has 0 unspecified atom stereocenters. The Morgan fingerprint density at radius 1 is 1.39 bits per heavy atom. The number of aromatic nitrogens is 1. The van der Waals surface area contributed by atoms with Crippen LogP contribution in [-0.4, -0.2) is 35.6 Å². The Labute approximate surface area is 142 Å². The van der Waals surface area contributed by atoms with Crippen molar-refractivity contribution >= 4 is 11.6 Å². The third-order valence-electron chi connectivity index (χ3n) is 4.15. The number of pyridine rings is 1. The molecule has 0 saturated carbocycles. The lowest BCUT2D eigenvalue weighted by molar-refractivity contribution is 0.163. The average molecular weight is 332 g/mol. The molecule has 1 fully saturated rings. The van der Waals surface area contributed by atoms with E-state index in [1.165, 1.54) is 0 Å². The van der Waals surface area contributed by atoms with Gasteiger partial charge in [-0.1, -0.05) is 17.7 Å². The summed E-state index contributed by atoms with van der Waals surface area (Å²) in [5.41, 5.74) is 2.19. The summed E-state index contributed by atoms with van der Waals surface area (Å²) in [7, 11) is 0. The van der Waals surface area contributed by atoms with Gasteiger partial charge >= 0.3 is 0 Å². The largest absolute Gasteiger partial charge is 0.489 e. The SMILES string of the molecule is C[C@H]1CNCCN1Cc1cc(Cl)ccc1OCc1cccnc1.